The predicted molar refractivity (Wildman–Crippen MR) is 121 cm³/mol. The van der Waals surface area contributed by atoms with Gasteiger partial charge in [0.15, 0.2) is 0 Å². The quantitative estimate of drug-likeness (QED) is 0.478. The lowest BCUT2D eigenvalue weighted by atomic mass is 10.0. The summed E-state index contributed by atoms with van der Waals surface area (Å²) in [4.78, 5) is 17.6. The number of halogens is 1. The number of anilines is 1. The van der Waals surface area contributed by atoms with Crippen LogP contribution >= 0.6 is 27.7 Å². The lowest BCUT2D eigenvalue weighted by Gasteiger charge is -2.16. The molecule has 0 aliphatic carbocycles. The summed E-state index contributed by atoms with van der Waals surface area (Å²) < 4.78 is 1.08. The van der Waals surface area contributed by atoms with Gasteiger partial charge >= 0.3 is 0 Å². The molecule has 1 N–H and O–H groups in total. The SMILES string of the molecule is CC(=O)Nc1cccc(C2=Nc3ccccc3S[C@H](c3ccc(Br)cc3)C2)c1. The van der Waals surface area contributed by atoms with Crippen molar-refractivity contribution < 1.29 is 4.79 Å². The number of hydrogen-bond acceptors (Lipinski definition) is 3. The number of thioether (sulfide) groups is 1. The van der Waals surface area contributed by atoms with Crippen molar-refractivity contribution in [3.8, 4) is 0 Å². The van der Waals surface area contributed by atoms with Crippen molar-refractivity contribution in [1.82, 2.24) is 0 Å². The molecule has 1 aliphatic rings. The lowest BCUT2D eigenvalue weighted by molar-refractivity contribution is -0.114. The highest BCUT2D eigenvalue weighted by molar-refractivity contribution is 9.10. The van der Waals surface area contributed by atoms with E-state index in [-0.39, 0.29) is 11.2 Å². The van der Waals surface area contributed by atoms with Crippen molar-refractivity contribution >= 4 is 50.7 Å². The highest BCUT2D eigenvalue weighted by Crippen LogP contribution is 2.45. The fourth-order valence-corrected chi connectivity index (χ4v) is 4.73. The molecule has 0 spiro atoms. The standard InChI is InChI=1S/C23H19BrN2OS/c1-15(27)25-19-6-4-5-17(13-19)21-14-23(16-9-11-18(24)12-10-16)28-22-8-3-2-7-20(22)26-21/h2-13,23H,14H2,1H3,(H,25,27)/t23-/m0/s1. The second kappa shape index (κ2) is 8.33. The summed E-state index contributed by atoms with van der Waals surface area (Å²) in [6.07, 6.45) is 0.810. The molecule has 0 saturated heterocycles. The van der Waals surface area contributed by atoms with Gasteiger partial charge in [-0.15, -0.1) is 11.8 Å². The summed E-state index contributed by atoms with van der Waals surface area (Å²) in [7, 11) is 0. The Kier molecular flexibility index (Phi) is 5.64. The highest BCUT2D eigenvalue weighted by Gasteiger charge is 2.22. The van der Waals surface area contributed by atoms with Crippen molar-refractivity contribution in [2.75, 3.05) is 5.32 Å². The monoisotopic (exact) mass is 450 g/mol. The van der Waals surface area contributed by atoms with Crippen molar-refractivity contribution in [2.24, 2.45) is 4.99 Å². The van der Waals surface area contributed by atoms with E-state index >= 15 is 0 Å². The van der Waals surface area contributed by atoms with Gasteiger partial charge in [-0.1, -0.05) is 52.3 Å². The van der Waals surface area contributed by atoms with E-state index < -0.39 is 0 Å². The van der Waals surface area contributed by atoms with Crippen LogP contribution in [0.4, 0.5) is 11.4 Å². The first kappa shape index (κ1) is 19.0. The van der Waals surface area contributed by atoms with E-state index in [1.54, 1.807) is 0 Å². The Bertz CT molecular complexity index is 1050. The van der Waals surface area contributed by atoms with E-state index in [4.69, 9.17) is 4.99 Å². The number of benzene rings is 3. The third-order valence-corrected chi connectivity index (χ3v) is 6.38. The topological polar surface area (TPSA) is 41.5 Å². The molecule has 3 nitrogen and oxygen atoms in total. The van der Waals surface area contributed by atoms with E-state index in [2.05, 4.69) is 69.8 Å². The number of fused-ring (bicyclic) bond motifs is 1. The maximum absolute atomic E-state index is 11.4. The van der Waals surface area contributed by atoms with Gasteiger partial charge in [-0.2, -0.15) is 0 Å². The van der Waals surface area contributed by atoms with Gasteiger partial charge in [0.25, 0.3) is 0 Å². The first-order valence-corrected chi connectivity index (χ1v) is 10.7. The Balaban J connectivity index is 1.76. The molecule has 0 aromatic heterocycles. The average molecular weight is 451 g/mol. The van der Waals surface area contributed by atoms with Gasteiger partial charge < -0.3 is 5.32 Å². The van der Waals surface area contributed by atoms with Crippen LogP contribution in [0.15, 0.2) is 87.2 Å². The number of aliphatic imine (C=N–C) groups is 1. The molecule has 0 radical (unpaired) electrons. The predicted octanol–water partition coefficient (Wildman–Crippen LogP) is 6.77. The van der Waals surface area contributed by atoms with Crippen molar-refractivity contribution in [1.29, 1.82) is 0 Å². The fraction of sp³-hybridized carbons (Fsp3) is 0.130. The molecule has 1 amide bonds. The van der Waals surface area contributed by atoms with Crippen LogP contribution in [-0.2, 0) is 4.79 Å². The van der Waals surface area contributed by atoms with E-state index in [0.29, 0.717) is 0 Å². The Hall–Kier alpha value is -2.37. The fourth-order valence-electron chi connectivity index (χ4n) is 3.24. The summed E-state index contributed by atoms with van der Waals surface area (Å²) in [5.74, 6) is -0.0754. The first-order chi connectivity index (χ1) is 13.6. The summed E-state index contributed by atoms with van der Waals surface area (Å²) >= 11 is 5.37. The zero-order chi connectivity index (χ0) is 19.5. The third kappa shape index (κ3) is 4.37. The number of carbonyl (C=O) groups is 1. The number of amides is 1. The molecule has 140 valence electrons. The number of nitrogens with zero attached hydrogens (tertiary/aromatic N) is 1. The average Bonchev–Trinajstić information content (AvgIpc) is 2.88. The summed E-state index contributed by atoms with van der Waals surface area (Å²) in [5.41, 5.74) is 5.11. The van der Waals surface area contributed by atoms with Gasteiger partial charge in [0.2, 0.25) is 5.91 Å². The van der Waals surface area contributed by atoms with Gasteiger partial charge in [0, 0.05) is 39.4 Å². The Labute approximate surface area is 177 Å². The van der Waals surface area contributed by atoms with Crippen molar-refractivity contribution in [2.45, 2.75) is 23.5 Å². The number of rotatable bonds is 3. The molecular formula is C23H19BrN2OS. The van der Waals surface area contributed by atoms with E-state index in [9.17, 15) is 4.79 Å². The Morgan fingerprint density at radius 1 is 1.07 bits per heavy atom. The largest absolute Gasteiger partial charge is 0.326 e. The molecular weight excluding hydrogens is 432 g/mol. The van der Waals surface area contributed by atoms with E-state index in [0.717, 1.165) is 33.5 Å². The molecule has 3 aromatic rings. The molecule has 4 rings (SSSR count). The Morgan fingerprint density at radius 3 is 2.64 bits per heavy atom. The first-order valence-electron chi connectivity index (χ1n) is 9.05. The zero-order valence-corrected chi connectivity index (χ0v) is 17.8. The molecule has 0 saturated carbocycles. The second-order valence-corrected chi connectivity index (χ2v) is 8.81. The van der Waals surface area contributed by atoms with Crippen LogP contribution < -0.4 is 5.32 Å². The third-order valence-electron chi connectivity index (χ3n) is 4.53. The van der Waals surface area contributed by atoms with Crippen LogP contribution in [0.2, 0.25) is 0 Å². The zero-order valence-electron chi connectivity index (χ0n) is 15.4. The minimum atomic E-state index is -0.0754. The van der Waals surface area contributed by atoms with Crippen molar-refractivity contribution in [3.05, 3.63) is 88.4 Å². The Morgan fingerprint density at radius 2 is 1.86 bits per heavy atom. The summed E-state index contributed by atoms with van der Waals surface area (Å²) in [6, 6.07) is 24.7. The summed E-state index contributed by atoms with van der Waals surface area (Å²) in [5, 5.41) is 3.13. The molecule has 3 aromatic carbocycles. The van der Waals surface area contributed by atoms with Crippen LogP contribution in [0.3, 0.4) is 0 Å². The second-order valence-electron chi connectivity index (χ2n) is 6.65. The molecule has 1 aliphatic heterocycles. The van der Waals surface area contributed by atoms with E-state index in [1.165, 1.54) is 17.4 Å². The van der Waals surface area contributed by atoms with Crippen LogP contribution in [0.1, 0.15) is 29.7 Å². The molecule has 28 heavy (non-hydrogen) atoms. The molecule has 0 unspecified atom stereocenters. The van der Waals surface area contributed by atoms with E-state index in [1.807, 2.05) is 36.0 Å². The lowest BCUT2D eigenvalue weighted by Crippen LogP contribution is -2.08. The van der Waals surface area contributed by atoms with Crippen LogP contribution in [0, 0.1) is 0 Å². The van der Waals surface area contributed by atoms with Gasteiger partial charge in [0.05, 0.1) is 5.69 Å². The van der Waals surface area contributed by atoms with Crippen LogP contribution in [-0.4, -0.2) is 11.6 Å². The van der Waals surface area contributed by atoms with Gasteiger partial charge in [-0.25, -0.2) is 0 Å². The van der Waals surface area contributed by atoms with Gasteiger partial charge in [-0.3, -0.25) is 9.79 Å². The summed E-state index contributed by atoms with van der Waals surface area (Å²) in [6.45, 7) is 1.52. The number of hydrogen-bond donors (Lipinski definition) is 1. The van der Waals surface area contributed by atoms with Crippen LogP contribution in [0.25, 0.3) is 0 Å². The maximum Gasteiger partial charge on any atom is 0.221 e. The van der Waals surface area contributed by atoms with Gasteiger partial charge in [0.1, 0.15) is 0 Å². The number of carbonyl (C=O) groups excluding carboxylic acids is 1. The molecule has 1 heterocycles. The minimum Gasteiger partial charge on any atom is -0.326 e. The molecule has 1 atom stereocenters. The number of para-hydroxylation sites is 1. The van der Waals surface area contributed by atoms with Gasteiger partial charge in [-0.05, 0) is 47.5 Å². The number of nitrogens with one attached hydrogen (secondary N) is 1. The smallest absolute Gasteiger partial charge is 0.221 e. The molecule has 5 heteroatoms. The van der Waals surface area contributed by atoms with Crippen LogP contribution in [0.5, 0.6) is 0 Å². The molecule has 0 bridgehead atoms. The normalized spacial score (nSPS) is 15.9. The maximum atomic E-state index is 11.4. The highest BCUT2D eigenvalue weighted by atomic mass is 79.9. The minimum absolute atomic E-state index is 0.0754. The molecule has 0 fully saturated rings. The van der Waals surface area contributed by atoms with Crippen molar-refractivity contribution in [3.63, 3.8) is 0 Å².